The molecule has 1 heterocycles. The molecule has 0 aliphatic carbocycles. The van der Waals surface area contributed by atoms with Gasteiger partial charge in [-0.2, -0.15) is 0 Å². The van der Waals surface area contributed by atoms with Gasteiger partial charge in [-0.05, 0) is 35.8 Å². The number of ether oxygens (including phenoxy) is 2. The van der Waals surface area contributed by atoms with E-state index in [0.29, 0.717) is 11.5 Å². The highest BCUT2D eigenvalue weighted by Gasteiger charge is 2.18. The zero-order valence-electron chi connectivity index (χ0n) is 14.5. The van der Waals surface area contributed by atoms with Gasteiger partial charge >= 0.3 is 0 Å². The van der Waals surface area contributed by atoms with E-state index in [2.05, 4.69) is 22.8 Å². The van der Waals surface area contributed by atoms with Crippen LogP contribution in [0.4, 0.5) is 0 Å². The lowest BCUT2D eigenvalue weighted by molar-refractivity contribution is 0.354. The van der Waals surface area contributed by atoms with E-state index < -0.39 is 0 Å². The van der Waals surface area contributed by atoms with E-state index in [4.69, 9.17) is 21.7 Å². The smallest absolute Gasteiger partial charge is 0.161 e. The molecule has 0 radical (unpaired) electrons. The summed E-state index contributed by atoms with van der Waals surface area (Å²) in [5.74, 6) is 1.48. The highest BCUT2D eigenvalue weighted by Crippen LogP contribution is 2.34. The normalized spacial score (nSPS) is 14.4. The maximum absolute atomic E-state index is 5.49. The third kappa shape index (κ3) is 4.12. The van der Waals surface area contributed by atoms with Crippen molar-refractivity contribution in [2.75, 3.05) is 20.8 Å². The Morgan fingerprint density at radius 1 is 1.16 bits per heavy atom. The highest BCUT2D eigenvalue weighted by molar-refractivity contribution is 7.80. The lowest BCUT2D eigenvalue weighted by Crippen LogP contribution is -2.26. The van der Waals surface area contributed by atoms with Gasteiger partial charge in [0, 0.05) is 24.4 Å². The first-order chi connectivity index (χ1) is 12.2. The van der Waals surface area contributed by atoms with Crippen molar-refractivity contribution in [1.82, 2.24) is 10.6 Å². The molecule has 0 spiro atoms. The van der Waals surface area contributed by atoms with Crippen LogP contribution in [0.25, 0.3) is 5.70 Å². The number of rotatable bonds is 5. The minimum absolute atomic E-state index is 0.703. The molecule has 0 bridgehead atoms. The molecular weight excluding hydrogens is 332 g/mol. The fraction of sp³-hybridized carbons (Fsp3) is 0.250. The summed E-state index contributed by atoms with van der Waals surface area (Å²) in [6, 6.07) is 14.3. The summed E-state index contributed by atoms with van der Waals surface area (Å²) in [7, 11) is 3.31. The van der Waals surface area contributed by atoms with Gasteiger partial charge in [-0.15, -0.1) is 0 Å². The van der Waals surface area contributed by atoms with Crippen molar-refractivity contribution in [3.8, 4) is 11.5 Å². The molecule has 0 saturated carbocycles. The minimum atomic E-state index is 0.703. The van der Waals surface area contributed by atoms with Crippen molar-refractivity contribution >= 4 is 22.9 Å². The minimum Gasteiger partial charge on any atom is -0.493 e. The second-order valence-corrected chi connectivity index (χ2v) is 6.24. The first-order valence-electron chi connectivity index (χ1n) is 8.24. The summed E-state index contributed by atoms with van der Waals surface area (Å²) in [6.07, 6.45) is 2.92. The number of hydrogen-bond acceptors (Lipinski definition) is 4. The Hall–Kier alpha value is -2.53. The van der Waals surface area contributed by atoms with Gasteiger partial charge in [0.05, 0.1) is 14.2 Å². The Balaban J connectivity index is 1.79. The SMILES string of the molecule is COc1cc2c(cc1OC)/C(=C/C(=S)NCc1ccccc1)NCC2. The van der Waals surface area contributed by atoms with Crippen molar-refractivity contribution in [2.45, 2.75) is 13.0 Å². The van der Waals surface area contributed by atoms with E-state index in [1.165, 1.54) is 11.1 Å². The van der Waals surface area contributed by atoms with Crippen LogP contribution in [0.5, 0.6) is 11.5 Å². The maximum Gasteiger partial charge on any atom is 0.161 e. The average molecular weight is 354 g/mol. The number of nitrogens with one attached hydrogen (secondary N) is 2. The predicted octanol–water partition coefficient (Wildman–Crippen LogP) is 3.31. The zero-order valence-corrected chi connectivity index (χ0v) is 15.3. The van der Waals surface area contributed by atoms with Gasteiger partial charge in [0.1, 0.15) is 4.99 Å². The first kappa shape index (κ1) is 17.3. The van der Waals surface area contributed by atoms with Gasteiger partial charge in [0.15, 0.2) is 11.5 Å². The highest BCUT2D eigenvalue weighted by atomic mass is 32.1. The molecule has 4 nitrogen and oxygen atoms in total. The molecule has 1 aliphatic rings. The number of hydrogen-bond donors (Lipinski definition) is 2. The van der Waals surface area contributed by atoms with Gasteiger partial charge in [0.2, 0.25) is 0 Å². The number of fused-ring (bicyclic) bond motifs is 1. The average Bonchev–Trinajstić information content (AvgIpc) is 2.66. The fourth-order valence-electron chi connectivity index (χ4n) is 2.90. The molecule has 0 aromatic heterocycles. The third-order valence-electron chi connectivity index (χ3n) is 4.19. The fourth-order valence-corrected chi connectivity index (χ4v) is 3.09. The second-order valence-electron chi connectivity index (χ2n) is 5.80. The lowest BCUT2D eigenvalue weighted by Gasteiger charge is -2.23. The Labute approximate surface area is 153 Å². The van der Waals surface area contributed by atoms with Gasteiger partial charge in [0.25, 0.3) is 0 Å². The van der Waals surface area contributed by atoms with Crippen LogP contribution in [-0.4, -0.2) is 25.8 Å². The van der Waals surface area contributed by atoms with Crippen molar-refractivity contribution < 1.29 is 9.47 Å². The maximum atomic E-state index is 5.49. The number of benzene rings is 2. The van der Waals surface area contributed by atoms with Crippen molar-refractivity contribution in [2.24, 2.45) is 0 Å². The molecule has 3 rings (SSSR count). The molecule has 0 unspecified atom stereocenters. The molecular formula is C20H22N2O2S. The summed E-state index contributed by atoms with van der Waals surface area (Å²) in [6.45, 7) is 1.58. The van der Waals surface area contributed by atoms with Gasteiger partial charge in [-0.1, -0.05) is 42.5 Å². The Morgan fingerprint density at radius 3 is 2.60 bits per heavy atom. The molecule has 0 saturated heterocycles. The lowest BCUT2D eigenvalue weighted by atomic mass is 9.97. The molecule has 130 valence electrons. The second kappa shape index (κ2) is 8.03. The van der Waals surface area contributed by atoms with Crippen LogP contribution in [0.2, 0.25) is 0 Å². The van der Waals surface area contributed by atoms with Crippen LogP contribution < -0.4 is 20.1 Å². The van der Waals surface area contributed by atoms with Crippen LogP contribution in [-0.2, 0) is 13.0 Å². The first-order valence-corrected chi connectivity index (χ1v) is 8.64. The van der Waals surface area contributed by atoms with Crippen LogP contribution >= 0.6 is 12.2 Å². The standard InChI is InChI=1S/C20H22N2O2S/c1-23-18-10-15-8-9-21-17(16(15)11-19(18)24-2)12-20(25)22-13-14-6-4-3-5-7-14/h3-7,10-12,21H,8-9,13H2,1-2H3,(H,22,25)/b17-12-. The molecule has 0 amide bonds. The molecule has 2 aromatic rings. The molecule has 2 N–H and O–H groups in total. The van der Waals surface area contributed by atoms with E-state index in [1.807, 2.05) is 36.4 Å². The van der Waals surface area contributed by atoms with E-state index in [1.54, 1.807) is 14.2 Å². The molecule has 5 heteroatoms. The third-order valence-corrected chi connectivity index (χ3v) is 4.46. The summed E-state index contributed by atoms with van der Waals surface area (Å²) in [5.41, 5.74) is 4.54. The van der Waals surface area contributed by atoms with E-state index in [0.717, 1.165) is 35.7 Å². The Kier molecular flexibility index (Phi) is 5.56. The molecule has 25 heavy (non-hydrogen) atoms. The molecule has 0 atom stereocenters. The van der Waals surface area contributed by atoms with Gasteiger partial charge < -0.3 is 20.1 Å². The molecule has 0 fully saturated rings. The van der Waals surface area contributed by atoms with Gasteiger partial charge in [-0.25, -0.2) is 0 Å². The van der Waals surface area contributed by atoms with Gasteiger partial charge in [-0.3, -0.25) is 0 Å². The monoisotopic (exact) mass is 354 g/mol. The van der Waals surface area contributed by atoms with Crippen LogP contribution in [0.3, 0.4) is 0 Å². The van der Waals surface area contributed by atoms with Crippen LogP contribution in [0, 0.1) is 0 Å². The van der Waals surface area contributed by atoms with E-state index in [-0.39, 0.29) is 0 Å². The topological polar surface area (TPSA) is 42.5 Å². The Bertz CT molecular complexity index is 788. The summed E-state index contributed by atoms with van der Waals surface area (Å²) in [4.78, 5) is 0.703. The van der Waals surface area contributed by atoms with Crippen molar-refractivity contribution in [3.05, 3.63) is 65.2 Å². The molecule has 2 aromatic carbocycles. The van der Waals surface area contributed by atoms with E-state index in [9.17, 15) is 0 Å². The Morgan fingerprint density at radius 2 is 1.88 bits per heavy atom. The van der Waals surface area contributed by atoms with Crippen molar-refractivity contribution in [3.63, 3.8) is 0 Å². The zero-order chi connectivity index (χ0) is 17.6. The number of thiocarbonyl (C=S) groups is 1. The predicted molar refractivity (Wildman–Crippen MR) is 105 cm³/mol. The summed E-state index contributed by atoms with van der Waals surface area (Å²) < 4.78 is 10.8. The molecule has 1 aliphatic heterocycles. The van der Waals surface area contributed by atoms with Crippen LogP contribution in [0.15, 0.2) is 48.5 Å². The number of methoxy groups -OCH3 is 2. The summed E-state index contributed by atoms with van der Waals surface area (Å²) >= 11 is 5.49. The quantitative estimate of drug-likeness (QED) is 0.637. The summed E-state index contributed by atoms with van der Waals surface area (Å²) in [5, 5.41) is 6.72. The van der Waals surface area contributed by atoms with E-state index >= 15 is 0 Å². The van der Waals surface area contributed by atoms with Crippen molar-refractivity contribution in [1.29, 1.82) is 0 Å². The van der Waals surface area contributed by atoms with Crippen LogP contribution in [0.1, 0.15) is 16.7 Å². The largest absolute Gasteiger partial charge is 0.493 e.